The molecule has 0 bridgehead atoms. The standard InChI is InChI=1S/C20H14F3NS/c21-20(22,23)15-6-2-1-5-14(15)11-13-9-10-19-17(12-13)24-16-7-3-4-8-18(16)25-19/h1-10,12,24H,11H2. The summed E-state index contributed by atoms with van der Waals surface area (Å²) in [5.74, 6) is 0. The minimum absolute atomic E-state index is 0.247. The Morgan fingerprint density at radius 1 is 0.800 bits per heavy atom. The zero-order chi connectivity index (χ0) is 17.4. The fourth-order valence-corrected chi connectivity index (χ4v) is 3.94. The molecule has 1 heterocycles. The van der Waals surface area contributed by atoms with E-state index in [4.69, 9.17) is 0 Å². The summed E-state index contributed by atoms with van der Waals surface area (Å²) in [7, 11) is 0. The minimum Gasteiger partial charge on any atom is -0.354 e. The van der Waals surface area contributed by atoms with Gasteiger partial charge in [-0.3, -0.25) is 0 Å². The summed E-state index contributed by atoms with van der Waals surface area (Å²) in [6, 6.07) is 19.5. The van der Waals surface area contributed by atoms with Crippen molar-refractivity contribution in [3.8, 4) is 0 Å². The van der Waals surface area contributed by atoms with Gasteiger partial charge in [0.2, 0.25) is 0 Å². The Bertz CT molecular complexity index is 934. The number of para-hydroxylation sites is 1. The van der Waals surface area contributed by atoms with Gasteiger partial charge in [0, 0.05) is 9.79 Å². The summed E-state index contributed by atoms with van der Waals surface area (Å²) < 4.78 is 39.5. The number of hydrogen-bond donors (Lipinski definition) is 1. The van der Waals surface area contributed by atoms with E-state index in [1.54, 1.807) is 23.9 Å². The van der Waals surface area contributed by atoms with Crippen LogP contribution in [-0.2, 0) is 12.6 Å². The number of halogens is 3. The van der Waals surface area contributed by atoms with Crippen molar-refractivity contribution in [3.05, 3.63) is 83.4 Å². The van der Waals surface area contributed by atoms with Crippen LogP contribution in [0, 0.1) is 0 Å². The van der Waals surface area contributed by atoms with Crippen molar-refractivity contribution >= 4 is 23.1 Å². The van der Waals surface area contributed by atoms with Gasteiger partial charge in [0.05, 0.1) is 16.9 Å². The van der Waals surface area contributed by atoms with Gasteiger partial charge in [-0.05, 0) is 47.9 Å². The highest BCUT2D eigenvalue weighted by Crippen LogP contribution is 2.44. The van der Waals surface area contributed by atoms with Crippen LogP contribution >= 0.6 is 11.8 Å². The maximum Gasteiger partial charge on any atom is 0.416 e. The van der Waals surface area contributed by atoms with Crippen LogP contribution in [0.5, 0.6) is 0 Å². The van der Waals surface area contributed by atoms with Gasteiger partial charge in [-0.15, -0.1) is 0 Å². The summed E-state index contributed by atoms with van der Waals surface area (Å²) in [5.41, 5.74) is 2.53. The number of anilines is 2. The molecule has 0 aromatic heterocycles. The molecular weight excluding hydrogens is 343 g/mol. The number of rotatable bonds is 2. The molecule has 0 aliphatic carbocycles. The summed E-state index contributed by atoms with van der Waals surface area (Å²) >= 11 is 1.66. The van der Waals surface area contributed by atoms with Gasteiger partial charge in [0.25, 0.3) is 0 Å². The van der Waals surface area contributed by atoms with Crippen molar-refractivity contribution in [2.75, 3.05) is 5.32 Å². The van der Waals surface area contributed by atoms with Gasteiger partial charge in [0.1, 0.15) is 0 Å². The average Bonchev–Trinajstić information content (AvgIpc) is 2.59. The van der Waals surface area contributed by atoms with Crippen LogP contribution in [0.2, 0.25) is 0 Å². The summed E-state index contributed by atoms with van der Waals surface area (Å²) in [5, 5.41) is 3.37. The maximum absolute atomic E-state index is 13.2. The molecule has 0 atom stereocenters. The number of fused-ring (bicyclic) bond motifs is 2. The first-order valence-electron chi connectivity index (χ1n) is 7.83. The van der Waals surface area contributed by atoms with Crippen LogP contribution < -0.4 is 5.32 Å². The lowest BCUT2D eigenvalue weighted by Gasteiger charge is -2.21. The Morgan fingerprint density at radius 2 is 1.52 bits per heavy atom. The Kier molecular flexibility index (Phi) is 3.96. The molecule has 0 saturated heterocycles. The average molecular weight is 357 g/mol. The van der Waals surface area contributed by atoms with E-state index in [1.807, 2.05) is 42.5 Å². The van der Waals surface area contributed by atoms with Crippen molar-refractivity contribution in [2.45, 2.75) is 22.4 Å². The smallest absolute Gasteiger partial charge is 0.354 e. The van der Waals surface area contributed by atoms with Crippen molar-refractivity contribution in [2.24, 2.45) is 0 Å². The molecule has 0 spiro atoms. The Balaban J connectivity index is 1.65. The molecule has 1 aliphatic heterocycles. The fraction of sp³-hybridized carbons (Fsp3) is 0.100. The van der Waals surface area contributed by atoms with Crippen molar-refractivity contribution < 1.29 is 13.2 Å². The zero-order valence-electron chi connectivity index (χ0n) is 13.1. The molecule has 1 N–H and O–H groups in total. The molecular formula is C20H14F3NS. The molecule has 1 nitrogen and oxygen atoms in total. The topological polar surface area (TPSA) is 12.0 Å². The van der Waals surface area contributed by atoms with E-state index in [1.165, 1.54) is 6.07 Å². The van der Waals surface area contributed by atoms with Gasteiger partial charge < -0.3 is 5.32 Å². The van der Waals surface area contributed by atoms with E-state index in [0.29, 0.717) is 5.56 Å². The SMILES string of the molecule is FC(F)(F)c1ccccc1Cc1ccc2c(c1)Nc1ccccc1S2. The van der Waals surface area contributed by atoms with E-state index < -0.39 is 11.7 Å². The first-order chi connectivity index (χ1) is 12.0. The molecule has 3 aromatic carbocycles. The van der Waals surface area contributed by atoms with E-state index in [-0.39, 0.29) is 6.42 Å². The van der Waals surface area contributed by atoms with E-state index >= 15 is 0 Å². The van der Waals surface area contributed by atoms with Crippen LogP contribution in [0.4, 0.5) is 24.5 Å². The lowest BCUT2D eigenvalue weighted by atomic mass is 9.99. The normalized spacial score (nSPS) is 12.9. The second kappa shape index (κ2) is 6.15. The van der Waals surface area contributed by atoms with E-state index in [2.05, 4.69) is 5.32 Å². The number of alkyl halides is 3. The monoisotopic (exact) mass is 357 g/mol. The highest BCUT2D eigenvalue weighted by atomic mass is 32.2. The Morgan fingerprint density at radius 3 is 2.36 bits per heavy atom. The summed E-state index contributed by atoms with van der Waals surface area (Å²) in [6.45, 7) is 0. The minimum atomic E-state index is -4.34. The van der Waals surface area contributed by atoms with Crippen molar-refractivity contribution in [1.82, 2.24) is 0 Å². The second-order valence-corrected chi connectivity index (χ2v) is 6.97. The van der Waals surface area contributed by atoms with Crippen molar-refractivity contribution in [1.29, 1.82) is 0 Å². The number of nitrogens with one attached hydrogen (secondary N) is 1. The molecule has 0 amide bonds. The van der Waals surface area contributed by atoms with Gasteiger partial charge >= 0.3 is 6.18 Å². The molecule has 25 heavy (non-hydrogen) atoms. The molecule has 126 valence electrons. The molecule has 3 aromatic rings. The van der Waals surface area contributed by atoms with Crippen LogP contribution in [-0.4, -0.2) is 0 Å². The van der Waals surface area contributed by atoms with Crippen LogP contribution in [0.1, 0.15) is 16.7 Å². The summed E-state index contributed by atoms with van der Waals surface area (Å²) in [4.78, 5) is 2.22. The molecule has 4 rings (SSSR count). The van der Waals surface area contributed by atoms with E-state index in [0.717, 1.165) is 32.8 Å². The number of benzene rings is 3. The highest BCUT2D eigenvalue weighted by Gasteiger charge is 2.32. The quantitative estimate of drug-likeness (QED) is 0.439. The van der Waals surface area contributed by atoms with Crippen LogP contribution in [0.3, 0.4) is 0 Å². The van der Waals surface area contributed by atoms with Gasteiger partial charge in [-0.1, -0.05) is 48.2 Å². The second-order valence-electron chi connectivity index (χ2n) is 5.89. The third kappa shape index (κ3) is 3.24. The van der Waals surface area contributed by atoms with Crippen LogP contribution in [0.25, 0.3) is 0 Å². The predicted octanol–water partition coefficient (Wildman–Crippen LogP) is 6.50. The molecule has 0 radical (unpaired) electrons. The molecule has 1 aliphatic rings. The first-order valence-corrected chi connectivity index (χ1v) is 8.64. The first kappa shape index (κ1) is 16.1. The van der Waals surface area contributed by atoms with E-state index in [9.17, 15) is 13.2 Å². The number of hydrogen-bond acceptors (Lipinski definition) is 2. The lowest BCUT2D eigenvalue weighted by Crippen LogP contribution is -2.09. The third-order valence-corrected chi connectivity index (χ3v) is 5.29. The Labute approximate surface area is 147 Å². The van der Waals surface area contributed by atoms with Crippen LogP contribution in [0.15, 0.2) is 76.5 Å². The summed E-state index contributed by atoms with van der Waals surface area (Å²) in [6.07, 6.45) is -4.09. The largest absolute Gasteiger partial charge is 0.416 e. The van der Waals surface area contributed by atoms with Gasteiger partial charge in [-0.2, -0.15) is 13.2 Å². The molecule has 0 fully saturated rings. The lowest BCUT2D eigenvalue weighted by molar-refractivity contribution is -0.138. The molecule has 0 saturated carbocycles. The van der Waals surface area contributed by atoms with Crippen molar-refractivity contribution in [3.63, 3.8) is 0 Å². The zero-order valence-corrected chi connectivity index (χ0v) is 13.9. The Hall–Kier alpha value is -2.40. The fourth-order valence-electron chi connectivity index (χ4n) is 2.97. The third-order valence-electron chi connectivity index (χ3n) is 4.14. The molecule has 0 unspecified atom stereocenters. The van der Waals surface area contributed by atoms with Gasteiger partial charge in [-0.25, -0.2) is 0 Å². The van der Waals surface area contributed by atoms with Gasteiger partial charge in [0.15, 0.2) is 0 Å². The predicted molar refractivity (Wildman–Crippen MR) is 94.5 cm³/mol. The highest BCUT2D eigenvalue weighted by molar-refractivity contribution is 7.99. The maximum atomic E-state index is 13.2. The molecule has 5 heteroatoms.